The third kappa shape index (κ3) is 7.90. The molecule has 2 unspecified atom stereocenters. The highest BCUT2D eigenvalue weighted by atomic mass is 16.5. The normalized spacial score (nSPS) is 21.7. The topological polar surface area (TPSA) is 50.7 Å². The van der Waals surface area contributed by atoms with Crippen LogP contribution in [0.1, 0.15) is 125 Å². The number of nitrogens with zero attached hydrogens (tertiary/aromatic N) is 4. The molecule has 0 saturated carbocycles. The Kier molecular flexibility index (Phi) is 11.2. The fourth-order valence-corrected chi connectivity index (χ4v) is 5.91. The van der Waals surface area contributed by atoms with Gasteiger partial charge in [0, 0.05) is 55.5 Å². The Morgan fingerprint density at radius 3 is 2.02 bits per heavy atom. The van der Waals surface area contributed by atoms with Crippen molar-refractivity contribution < 1.29 is 9.47 Å². The molecule has 4 heterocycles. The van der Waals surface area contributed by atoms with E-state index in [0.29, 0.717) is 29.7 Å². The van der Waals surface area contributed by atoms with Gasteiger partial charge in [-0.05, 0) is 81.8 Å². The second-order valence-corrected chi connectivity index (χ2v) is 13.0. The number of pyridine rings is 2. The molecule has 2 aromatic rings. The molecule has 0 N–H and O–H groups in total. The molecular formula is C34H54N4O2. The summed E-state index contributed by atoms with van der Waals surface area (Å²) >= 11 is 0. The van der Waals surface area contributed by atoms with Crippen LogP contribution in [0.15, 0.2) is 24.3 Å². The first-order chi connectivity index (χ1) is 19.2. The number of aromatic nitrogens is 2. The Bertz CT molecular complexity index is 1080. The van der Waals surface area contributed by atoms with Gasteiger partial charge in [0.25, 0.3) is 0 Å². The summed E-state index contributed by atoms with van der Waals surface area (Å²) in [7, 11) is 2.20. The first kappa shape index (κ1) is 31.1. The quantitative estimate of drug-likeness (QED) is 0.272. The van der Waals surface area contributed by atoms with Crippen LogP contribution in [-0.4, -0.2) is 71.9 Å². The van der Waals surface area contributed by atoms with Crippen LogP contribution in [0.3, 0.4) is 0 Å². The maximum Gasteiger partial charge on any atom is 0.0594 e. The number of hydrogen-bond donors (Lipinski definition) is 0. The van der Waals surface area contributed by atoms with Crippen LogP contribution in [0.2, 0.25) is 0 Å². The van der Waals surface area contributed by atoms with Gasteiger partial charge in [-0.2, -0.15) is 0 Å². The van der Waals surface area contributed by atoms with Gasteiger partial charge in [-0.25, -0.2) is 0 Å². The molecular weight excluding hydrogens is 496 g/mol. The smallest absolute Gasteiger partial charge is 0.0594 e. The van der Waals surface area contributed by atoms with Crippen molar-refractivity contribution in [2.75, 3.05) is 40.0 Å². The molecule has 222 valence electrons. The monoisotopic (exact) mass is 550 g/mol. The predicted molar refractivity (Wildman–Crippen MR) is 164 cm³/mol. The summed E-state index contributed by atoms with van der Waals surface area (Å²) in [5.74, 6) is 1.76. The molecule has 0 spiro atoms. The van der Waals surface area contributed by atoms with Crippen molar-refractivity contribution in [2.45, 2.75) is 117 Å². The van der Waals surface area contributed by atoms with Gasteiger partial charge in [0.05, 0.1) is 30.7 Å². The number of hydrogen-bond acceptors (Lipinski definition) is 6. The Morgan fingerprint density at radius 2 is 1.48 bits per heavy atom. The first-order valence-electron chi connectivity index (χ1n) is 15.8. The van der Waals surface area contributed by atoms with E-state index in [4.69, 9.17) is 19.4 Å². The number of ether oxygens (including phenoxy) is 2. The minimum absolute atomic E-state index is 0.289. The third-order valence-corrected chi connectivity index (χ3v) is 9.00. The van der Waals surface area contributed by atoms with Crippen LogP contribution in [0.25, 0.3) is 0 Å². The zero-order valence-electron chi connectivity index (χ0n) is 26.4. The lowest BCUT2D eigenvalue weighted by Gasteiger charge is -2.25. The molecule has 3 atom stereocenters. The van der Waals surface area contributed by atoms with Crippen molar-refractivity contribution in [3.63, 3.8) is 0 Å². The van der Waals surface area contributed by atoms with Crippen molar-refractivity contribution in [1.29, 1.82) is 0 Å². The highest BCUT2D eigenvalue weighted by Crippen LogP contribution is 2.34. The summed E-state index contributed by atoms with van der Waals surface area (Å²) in [6, 6.07) is 9.60. The zero-order valence-corrected chi connectivity index (χ0v) is 26.4. The molecule has 2 fully saturated rings. The third-order valence-electron chi connectivity index (χ3n) is 9.00. The second kappa shape index (κ2) is 14.4. The Morgan fingerprint density at radius 1 is 0.850 bits per heavy atom. The lowest BCUT2D eigenvalue weighted by Crippen LogP contribution is -2.28. The fraction of sp³-hybridized carbons (Fsp3) is 0.706. The average molecular weight is 551 g/mol. The summed E-state index contributed by atoms with van der Waals surface area (Å²) in [6.45, 7) is 22.0. The maximum absolute atomic E-state index is 6.41. The Labute approximate surface area is 243 Å². The molecule has 2 aliphatic rings. The average Bonchev–Trinajstić information content (AvgIpc) is 3.63. The molecule has 2 aromatic heterocycles. The van der Waals surface area contributed by atoms with Crippen molar-refractivity contribution in [3.05, 3.63) is 58.2 Å². The molecule has 0 aromatic carbocycles. The Balaban J connectivity index is 1.41. The highest BCUT2D eigenvalue weighted by molar-refractivity contribution is 5.30. The van der Waals surface area contributed by atoms with E-state index in [9.17, 15) is 0 Å². The van der Waals surface area contributed by atoms with Gasteiger partial charge in [-0.15, -0.1) is 0 Å². The van der Waals surface area contributed by atoms with E-state index in [1.807, 2.05) is 0 Å². The minimum Gasteiger partial charge on any atom is -0.381 e. The zero-order chi connectivity index (χ0) is 28.8. The standard InChI is InChI=1S/C34H54N4O2/c1-9-38(20-34-29(26-15-17-39-21-26)10-12-32(36-34)24(4)5)16-14-28-18-27(22-40-28)30-11-13-31(23(2)3)35-33(30)19-37(8)25(6)7/h10-13,23-28H,9,14-22H2,1-8H3/t26-,27?,28?/m0/s1. The maximum atomic E-state index is 6.41. The SMILES string of the molecule is CCN(CCC1CC(c2ccc(C(C)C)nc2CN(C)C(C)C)CO1)Cc1nc(C(C)C)ccc1[C@H]1CCOC1. The molecule has 6 heteroatoms. The molecule has 40 heavy (non-hydrogen) atoms. The van der Waals surface area contributed by atoms with Crippen LogP contribution in [0.4, 0.5) is 0 Å². The van der Waals surface area contributed by atoms with Gasteiger partial charge in [-0.3, -0.25) is 19.8 Å². The van der Waals surface area contributed by atoms with E-state index in [2.05, 4.69) is 89.6 Å². The van der Waals surface area contributed by atoms with Crippen LogP contribution in [-0.2, 0) is 22.6 Å². The summed E-state index contributed by atoms with van der Waals surface area (Å²) < 4.78 is 12.1. The molecule has 0 radical (unpaired) electrons. The van der Waals surface area contributed by atoms with Gasteiger partial charge < -0.3 is 9.47 Å². The summed E-state index contributed by atoms with van der Waals surface area (Å²) in [4.78, 5) is 15.2. The number of rotatable bonds is 13. The van der Waals surface area contributed by atoms with Crippen LogP contribution < -0.4 is 0 Å². The minimum atomic E-state index is 0.289. The lowest BCUT2D eigenvalue weighted by molar-refractivity contribution is 0.0903. The summed E-state index contributed by atoms with van der Waals surface area (Å²) in [5, 5.41) is 0. The van der Waals surface area contributed by atoms with Gasteiger partial charge in [0.1, 0.15) is 0 Å². The summed E-state index contributed by atoms with van der Waals surface area (Å²) in [5.41, 5.74) is 7.60. The van der Waals surface area contributed by atoms with E-state index in [-0.39, 0.29) is 6.10 Å². The van der Waals surface area contributed by atoms with Crippen molar-refractivity contribution in [2.24, 2.45) is 0 Å². The van der Waals surface area contributed by atoms with Crippen LogP contribution in [0.5, 0.6) is 0 Å². The Hall–Kier alpha value is -1.86. The van der Waals surface area contributed by atoms with Crippen molar-refractivity contribution in [1.82, 2.24) is 19.8 Å². The fourth-order valence-electron chi connectivity index (χ4n) is 5.91. The largest absolute Gasteiger partial charge is 0.381 e. The van der Waals surface area contributed by atoms with Crippen LogP contribution in [0, 0.1) is 0 Å². The molecule has 0 aliphatic carbocycles. The molecule has 6 nitrogen and oxygen atoms in total. The van der Waals surface area contributed by atoms with Gasteiger partial charge in [0.2, 0.25) is 0 Å². The molecule has 2 aliphatic heterocycles. The van der Waals surface area contributed by atoms with E-state index >= 15 is 0 Å². The van der Waals surface area contributed by atoms with E-state index < -0.39 is 0 Å². The van der Waals surface area contributed by atoms with E-state index in [1.54, 1.807) is 0 Å². The van der Waals surface area contributed by atoms with Crippen molar-refractivity contribution in [3.8, 4) is 0 Å². The molecule has 0 amide bonds. The van der Waals surface area contributed by atoms with Crippen LogP contribution >= 0.6 is 0 Å². The first-order valence-corrected chi connectivity index (χ1v) is 15.8. The highest BCUT2D eigenvalue weighted by Gasteiger charge is 2.30. The van der Waals surface area contributed by atoms with E-state index in [1.165, 1.54) is 33.9 Å². The van der Waals surface area contributed by atoms with Gasteiger partial charge in [-0.1, -0.05) is 46.8 Å². The van der Waals surface area contributed by atoms with E-state index in [0.717, 1.165) is 65.3 Å². The summed E-state index contributed by atoms with van der Waals surface area (Å²) in [6.07, 6.45) is 3.51. The molecule has 2 saturated heterocycles. The van der Waals surface area contributed by atoms with Crippen molar-refractivity contribution >= 4 is 0 Å². The molecule has 4 rings (SSSR count). The predicted octanol–water partition coefficient (Wildman–Crippen LogP) is 6.85. The van der Waals surface area contributed by atoms with Gasteiger partial charge in [0.15, 0.2) is 0 Å². The lowest BCUT2D eigenvalue weighted by atomic mass is 9.92. The van der Waals surface area contributed by atoms with Gasteiger partial charge >= 0.3 is 0 Å². The second-order valence-electron chi connectivity index (χ2n) is 13.0. The molecule has 0 bridgehead atoms.